The fourth-order valence-corrected chi connectivity index (χ4v) is 10.8. The third-order valence-electron chi connectivity index (χ3n) is 14.3. The molecule has 3 nitrogen and oxygen atoms in total. The SMILES string of the molecule is CC1C=CC(N(c2ccc(F)cc2)c2cc(-c3ccc4c(c3)c3ccccc3n4-c3ccc(C(C)(C)C)cc3)cc(N(c3ccccc3)C3C=CC4=C(C3)C(C)(C)c3ccccc34)c2)=CC1. The Hall–Kier alpha value is -7.17. The van der Waals surface area contributed by atoms with E-state index in [-0.39, 0.29) is 22.7 Å². The van der Waals surface area contributed by atoms with Crippen molar-refractivity contribution >= 4 is 50.1 Å². The molecule has 3 aliphatic rings. The van der Waals surface area contributed by atoms with E-state index in [0.29, 0.717) is 5.92 Å². The van der Waals surface area contributed by atoms with Crippen molar-refractivity contribution in [2.24, 2.45) is 5.92 Å². The summed E-state index contributed by atoms with van der Waals surface area (Å²) in [4.78, 5) is 4.84. The molecule has 4 heteroatoms. The van der Waals surface area contributed by atoms with Gasteiger partial charge in [-0.15, -0.1) is 0 Å². The molecule has 1 heterocycles. The summed E-state index contributed by atoms with van der Waals surface area (Å²) >= 11 is 0. The largest absolute Gasteiger partial charge is 0.334 e. The maximum absolute atomic E-state index is 14.7. The monoisotopic (exact) mass is 861 g/mol. The molecule has 2 unspecified atom stereocenters. The highest BCUT2D eigenvalue weighted by molar-refractivity contribution is 6.10. The molecule has 0 radical (unpaired) electrons. The predicted molar refractivity (Wildman–Crippen MR) is 277 cm³/mol. The molecular weight excluding hydrogens is 806 g/mol. The number of benzene rings is 7. The fourth-order valence-electron chi connectivity index (χ4n) is 10.8. The van der Waals surface area contributed by atoms with Gasteiger partial charge in [0.05, 0.1) is 17.1 Å². The highest BCUT2D eigenvalue weighted by Crippen LogP contribution is 2.52. The van der Waals surface area contributed by atoms with Crippen molar-refractivity contribution in [2.75, 3.05) is 9.80 Å². The van der Waals surface area contributed by atoms with E-state index in [4.69, 9.17) is 0 Å². The van der Waals surface area contributed by atoms with E-state index >= 15 is 0 Å². The van der Waals surface area contributed by atoms with E-state index in [0.717, 1.165) is 58.1 Å². The summed E-state index contributed by atoms with van der Waals surface area (Å²) in [5.74, 6) is 0.186. The summed E-state index contributed by atoms with van der Waals surface area (Å²) < 4.78 is 17.1. The Morgan fingerprint density at radius 2 is 1.33 bits per heavy atom. The van der Waals surface area contributed by atoms with Crippen LogP contribution in [0.2, 0.25) is 0 Å². The van der Waals surface area contributed by atoms with Gasteiger partial charge >= 0.3 is 0 Å². The van der Waals surface area contributed by atoms with Crippen molar-refractivity contribution in [1.82, 2.24) is 4.57 Å². The Bertz CT molecular complexity index is 3280. The molecule has 7 aromatic carbocycles. The van der Waals surface area contributed by atoms with Crippen LogP contribution in [-0.2, 0) is 10.8 Å². The highest BCUT2D eigenvalue weighted by Gasteiger charge is 2.40. The van der Waals surface area contributed by atoms with Crippen molar-refractivity contribution in [3.63, 3.8) is 0 Å². The number of para-hydroxylation sites is 2. The molecule has 1 aromatic heterocycles. The van der Waals surface area contributed by atoms with E-state index in [1.165, 1.54) is 49.6 Å². The van der Waals surface area contributed by atoms with Crippen molar-refractivity contribution in [1.29, 1.82) is 0 Å². The van der Waals surface area contributed by atoms with Crippen LogP contribution >= 0.6 is 0 Å². The maximum atomic E-state index is 14.7. The first kappa shape index (κ1) is 41.5. The van der Waals surface area contributed by atoms with Crippen LogP contribution in [0.4, 0.5) is 27.1 Å². The Labute approximate surface area is 389 Å². The Balaban J connectivity index is 1.11. The van der Waals surface area contributed by atoms with Crippen LogP contribution in [0.25, 0.3) is 44.2 Å². The van der Waals surface area contributed by atoms with E-state index in [1.807, 2.05) is 12.1 Å². The van der Waals surface area contributed by atoms with Gasteiger partial charge < -0.3 is 14.4 Å². The molecule has 0 spiro atoms. The van der Waals surface area contributed by atoms with Crippen LogP contribution in [0.15, 0.2) is 205 Å². The summed E-state index contributed by atoms with van der Waals surface area (Å²) in [7, 11) is 0. The zero-order valence-corrected chi connectivity index (χ0v) is 38.8. The van der Waals surface area contributed by atoms with E-state index in [2.05, 4.69) is 226 Å². The third-order valence-corrected chi connectivity index (χ3v) is 14.3. The van der Waals surface area contributed by atoms with Gasteiger partial charge in [-0.2, -0.15) is 0 Å². The molecule has 0 saturated carbocycles. The molecule has 326 valence electrons. The summed E-state index contributed by atoms with van der Waals surface area (Å²) in [5, 5.41) is 2.42. The first-order valence-electron chi connectivity index (χ1n) is 23.5. The Morgan fingerprint density at radius 3 is 2.09 bits per heavy atom. The second kappa shape index (κ2) is 16.1. The molecule has 0 saturated heterocycles. The zero-order chi connectivity index (χ0) is 45.3. The fraction of sp³-hybridized carbons (Fsp3) is 0.194. The van der Waals surface area contributed by atoms with Gasteiger partial charge in [0.2, 0.25) is 0 Å². The number of allylic oxidation sites excluding steroid dienone is 5. The van der Waals surface area contributed by atoms with Gasteiger partial charge in [0.15, 0.2) is 0 Å². The molecule has 0 aliphatic heterocycles. The van der Waals surface area contributed by atoms with E-state index < -0.39 is 0 Å². The van der Waals surface area contributed by atoms with Gasteiger partial charge in [-0.25, -0.2) is 4.39 Å². The molecular formula is C62H56FN3. The molecule has 66 heavy (non-hydrogen) atoms. The van der Waals surface area contributed by atoms with Crippen LogP contribution in [0.3, 0.4) is 0 Å². The van der Waals surface area contributed by atoms with Gasteiger partial charge in [-0.1, -0.05) is 145 Å². The molecule has 0 N–H and O–H groups in total. The second-order valence-electron chi connectivity index (χ2n) is 20.0. The minimum Gasteiger partial charge on any atom is -0.334 e. The smallest absolute Gasteiger partial charge is 0.123 e. The second-order valence-corrected chi connectivity index (χ2v) is 20.0. The summed E-state index contributed by atoms with van der Waals surface area (Å²) in [6.07, 6.45) is 13.4. The number of hydrogen-bond donors (Lipinski definition) is 0. The van der Waals surface area contributed by atoms with E-state index in [9.17, 15) is 4.39 Å². The lowest BCUT2D eigenvalue weighted by molar-refractivity contribution is 0.585. The Kier molecular flexibility index (Phi) is 10.1. The van der Waals surface area contributed by atoms with Crippen molar-refractivity contribution in [2.45, 2.75) is 71.3 Å². The van der Waals surface area contributed by atoms with Gasteiger partial charge in [-0.05, 0) is 154 Å². The van der Waals surface area contributed by atoms with Crippen LogP contribution in [0.5, 0.6) is 0 Å². The van der Waals surface area contributed by atoms with Gasteiger partial charge in [-0.3, -0.25) is 0 Å². The summed E-state index contributed by atoms with van der Waals surface area (Å²) in [5.41, 5.74) is 17.8. The quantitative estimate of drug-likeness (QED) is 0.151. The highest BCUT2D eigenvalue weighted by atomic mass is 19.1. The van der Waals surface area contributed by atoms with Crippen LogP contribution < -0.4 is 9.80 Å². The number of anilines is 4. The van der Waals surface area contributed by atoms with Crippen LogP contribution in [0, 0.1) is 11.7 Å². The minimum atomic E-state index is -0.252. The average Bonchev–Trinajstić information content (AvgIpc) is 3.78. The summed E-state index contributed by atoms with van der Waals surface area (Å²) in [6, 6.07) is 58.6. The topological polar surface area (TPSA) is 11.4 Å². The predicted octanol–water partition coefficient (Wildman–Crippen LogP) is 16.7. The Morgan fingerprint density at radius 1 is 0.621 bits per heavy atom. The van der Waals surface area contributed by atoms with Gasteiger partial charge in [0.25, 0.3) is 0 Å². The molecule has 2 atom stereocenters. The molecule has 0 amide bonds. The standard InChI is InChI=1S/C62H56FN3/c1-41-20-27-47(28-21-41)64(48-31-25-45(63)26-32-48)51-36-43(42-22-35-60-56(38-42)55-17-11-13-19-59(55)66(60)49-29-23-44(24-30-49)61(2,3)4)37-52(39-51)65(46-14-8-7-9-15-46)50-33-34-54-53-16-10-12-18-57(53)62(5,6)58(54)40-50/h7-20,22-39,41,50H,21,40H2,1-6H3. The molecule has 11 rings (SSSR count). The minimum absolute atomic E-state index is 0.0434. The third kappa shape index (κ3) is 7.20. The number of halogens is 1. The number of hydrogen-bond acceptors (Lipinski definition) is 2. The van der Waals surface area contributed by atoms with Gasteiger partial charge in [0.1, 0.15) is 5.82 Å². The van der Waals surface area contributed by atoms with Gasteiger partial charge in [0, 0.05) is 50.3 Å². The normalized spacial score (nSPS) is 17.5. The number of nitrogens with zero attached hydrogens (tertiary/aromatic N) is 3. The molecule has 3 aliphatic carbocycles. The van der Waals surface area contributed by atoms with E-state index in [1.54, 1.807) is 12.1 Å². The molecule has 0 fully saturated rings. The van der Waals surface area contributed by atoms with Crippen molar-refractivity contribution in [3.8, 4) is 16.8 Å². The van der Waals surface area contributed by atoms with Crippen LogP contribution in [-0.4, -0.2) is 10.6 Å². The lowest BCUT2D eigenvalue weighted by Crippen LogP contribution is -2.33. The number of aromatic nitrogens is 1. The molecule has 0 bridgehead atoms. The van der Waals surface area contributed by atoms with Crippen molar-refractivity contribution in [3.05, 3.63) is 228 Å². The lowest BCUT2D eigenvalue weighted by Gasteiger charge is -2.38. The average molecular weight is 862 g/mol. The number of rotatable bonds is 8. The maximum Gasteiger partial charge on any atom is 0.123 e. The van der Waals surface area contributed by atoms with Crippen molar-refractivity contribution < 1.29 is 4.39 Å². The molecule has 8 aromatic rings. The summed E-state index contributed by atoms with van der Waals surface area (Å²) in [6.45, 7) is 13.8. The zero-order valence-electron chi connectivity index (χ0n) is 38.8. The lowest BCUT2D eigenvalue weighted by atomic mass is 9.77. The van der Waals surface area contributed by atoms with Crippen LogP contribution in [0.1, 0.15) is 71.1 Å². The first-order valence-corrected chi connectivity index (χ1v) is 23.5. The number of fused-ring (bicyclic) bond motifs is 5. The first-order chi connectivity index (χ1) is 31.9.